The molecule has 138 valence electrons. The van der Waals surface area contributed by atoms with Crippen molar-refractivity contribution in [3.05, 3.63) is 53.3 Å². The van der Waals surface area contributed by atoms with Crippen molar-refractivity contribution in [2.24, 2.45) is 0 Å². The van der Waals surface area contributed by atoms with Gasteiger partial charge in [-0.1, -0.05) is 0 Å². The van der Waals surface area contributed by atoms with Crippen LogP contribution < -0.4 is 14.8 Å². The molecule has 0 bridgehead atoms. The standard InChI is InChI=1S/C21H26N2O3/c1-14-10-16-11-18(24-2)12-17(20(16)26-14)13-23-19-4-3-9-25-21(19)15-5-7-22-8-6-15/h5-8,11-12,14,19,21,23H,3-4,9-10,13H2,1-2H3/t14?,19-,21+/m0/s1. The summed E-state index contributed by atoms with van der Waals surface area (Å²) in [7, 11) is 1.71. The highest BCUT2D eigenvalue weighted by atomic mass is 16.5. The topological polar surface area (TPSA) is 52.6 Å². The van der Waals surface area contributed by atoms with Gasteiger partial charge in [-0.2, -0.15) is 0 Å². The van der Waals surface area contributed by atoms with Gasteiger partial charge in [0.1, 0.15) is 17.6 Å². The second-order valence-corrected chi connectivity index (χ2v) is 7.11. The van der Waals surface area contributed by atoms with E-state index in [1.807, 2.05) is 24.5 Å². The summed E-state index contributed by atoms with van der Waals surface area (Å²) in [6.45, 7) is 3.65. The van der Waals surface area contributed by atoms with Gasteiger partial charge >= 0.3 is 0 Å². The van der Waals surface area contributed by atoms with Crippen LogP contribution in [0.4, 0.5) is 0 Å². The number of hydrogen-bond donors (Lipinski definition) is 1. The van der Waals surface area contributed by atoms with E-state index in [0.29, 0.717) is 0 Å². The van der Waals surface area contributed by atoms with Crippen molar-refractivity contribution in [3.8, 4) is 11.5 Å². The van der Waals surface area contributed by atoms with Crippen LogP contribution in [0.5, 0.6) is 11.5 Å². The monoisotopic (exact) mass is 354 g/mol. The molecule has 0 saturated carbocycles. The van der Waals surface area contributed by atoms with Crippen molar-refractivity contribution in [3.63, 3.8) is 0 Å². The van der Waals surface area contributed by atoms with Crippen LogP contribution in [-0.2, 0) is 17.7 Å². The van der Waals surface area contributed by atoms with E-state index in [1.165, 1.54) is 11.1 Å². The predicted molar refractivity (Wildman–Crippen MR) is 99.6 cm³/mol. The van der Waals surface area contributed by atoms with Gasteiger partial charge in [0.25, 0.3) is 0 Å². The molecule has 1 fully saturated rings. The summed E-state index contributed by atoms with van der Waals surface area (Å²) in [6.07, 6.45) is 7.04. The van der Waals surface area contributed by atoms with Crippen LogP contribution in [-0.4, -0.2) is 30.8 Å². The number of methoxy groups -OCH3 is 1. The Morgan fingerprint density at radius 2 is 2.12 bits per heavy atom. The first-order valence-corrected chi connectivity index (χ1v) is 9.36. The lowest BCUT2D eigenvalue weighted by Gasteiger charge is -2.33. The Morgan fingerprint density at radius 3 is 2.92 bits per heavy atom. The van der Waals surface area contributed by atoms with Gasteiger partial charge in [-0.05, 0) is 49.6 Å². The first-order chi connectivity index (χ1) is 12.7. The van der Waals surface area contributed by atoms with Crippen molar-refractivity contribution in [1.29, 1.82) is 0 Å². The molecule has 5 heteroatoms. The minimum atomic E-state index is 0.0604. The minimum absolute atomic E-state index is 0.0604. The van der Waals surface area contributed by atoms with E-state index in [4.69, 9.17) is 14.2 Å². The molecule has 2 aromatic rings. The summed E-state index contributed by atoms with van der Waals surface area (Å²) in [5.74, 6) is 1.91. The number of aromatic nitrogens is 1. The Labute approximate surface area is 154 Å². The smallest absolute Gasteiger partial charge is 0.127 e. The van der Waals surface area contributed by atoms with Gasteiger partial charge < -0.3 is 19.5 Å². The number of fused-ring (bicyclic) bond motifs is 1. The summed E-state index contributed by atoms with van der Waals surface area (Å²) in [5.41, 5.74) is 3.57. The van der Waals surface area contributed by atoms with Gasteiger partial charge in [-0.3, -0.25) is 4.98 Å². The Balaban J connectivity index is 1.52. The molecular weight excluding hydrogens is 328 g/mol. The van der Waals surface area contributed by atoms with Gasteiger partial charge in [0.15, 0.2) is 0 Å². The lowest BCUT2D eigenvalue weighted by Crippen LogP contribution is -2.39. The first-order valence-electron chi connectivity index (χ1n) is 9.36. The third kappa shape index (κ3) is 3.55. The molecule has 2 aliphatic rings. The third-order valence-electron chi connectivity index (χ3n) is 5.19. The molecule has 1 aromatic heterocycles. The van der Waals surface area contributed by atoms with Gasteiger partial charge in [0.2, 0.25) is 0 Å². The number of benzene rings is 1. The largest absolute Gasteiger partial charge is 0.497 e. The number of pyridine rings is 1. The molecule has 0 spiro atoms. The molecule has 26 heavy (non-hydrogen) atoms. The minimum Gasteiger partial charge on any atom is -0.497 e. The summed E-state index contributed by atoms with van der Waals surface area (Å²) in [5, 5.41) is 3.70. The third-order valence-corrected chi connectivity index (χ3v) is 5.19. The lowest BCUT2D eigenvalue weighted by atomic mass is 9.96. The number of ether oxygens (including phenoxy) is 3. The molecule has 1 unspecified atom stereocenters. The number of rotatable bonds is 5. The Bertz CT molecular complexity index is 750. The van der Waals surface area contributed by atoms with Crippen LogP contribution in [0.25, 0.3) is 0 Å². The van der Waals surface area contributed by atoms with Crippen LogP contribution in [0.15, 0.2) is 36.7 Å². The molecule has 3 heterocycles. The summed E-state index contributed by atoms with van der Waals surface area (Å²) in [6, 6.07) is 8.52. The zero-order valence-electron chi connectivity index (χ0n) is 15.4. The van der Waals surface area contributed by atoms with E-state index >= 15 is 0 Å². The van der Waals surface area contributed by atoms with Crippen LogP contribution in [0.1, 0.15) is 42.6 Å². The molecule has 1 N–H and O–H groups in total. The maximum atomic E-state index is 6.07. The lowest BCUT2D eigenvalue weighted by molar-refractivity contribution is -0.0113. The molecule has 1 saturated heterocycles. The Morgan fingerprint density at radius 1 is 1.27 bits per heavy atom. The Kier molecular flexibility index (Phi) is 5.09. The molecule has 2 aliphatic heterocycles. The van der Waals surface area contributed by atoms with E-state index in [0.717, 1.165) is 49.5 Å². The van der Waals surface area contributed by atoms with Gasteiger partial charge in [0, 0.05) is 49.1 Å². The summed E-state index contributed by atoms with van der Waals surface area (Å²) < 4.78 is 17.6. The summed E-state index contributed by atoms with van der Waals surface area (Å²) in [4.78, 5) is 4.12. The fraction of sp³-hybridized carbons (Fsp3) is 0.476. The quantitative estimate of drug-likeness (QED) is 0.892. The second kappa shape index (κ2) is 7.64. The van der Waals surface area contributed by atoms with E-state index in [2.05, 4.69) is 29.4 Å². The van der Waals surface area contributed by atoms with Crippen molar-refractivity contribution in [2.75, 3.05) is 13.7 Å². The van der Waals surface area contributed by atoms with Crippen LogP contribution in [0.3, 0.4) is 0 Å². The van der Waals surface area contributed by atoms with Crippen molar-refractivity contribution >= 4 is 0 Å². The Hall–Kier alpha value is -2.11. The van der Waals surface area contributed by atoms with Crippen LogP contribution in [0, 0.1) is 0 Å². The van der Waals surface area contributed by atoms with Crippen molar-refractivity contribution < 1.29 is 14.2 Å². The molecule has 3 atom stereocenters. The van der Waals surface area contributed by atoms with Gasteiger partial charge in [-0.25, -0.2) is 0 Å². The normalized spacial score (nSPS) is 24.8. The maximum absolute atomic E-state index is 6.07. The molecule has 0 amide bonds. The molecule has 5 nitrogen and oxygen atoms in total. The highest BCUT2D eigenvalue weighted by Crippen LogP contribution is 2.37. The highest BCUT2D eigenvalue weighted by Gasteiger charge is 2.28. The molecule has 0 aliphatic carbocycles. The second-order valence-electron chi connectivity index (χ2n) is 7.11. The van der Waals surface area contributed by atoms with E-state index in [9.17, 15) is 0 Å². The maximum Gasteiger partial charge on any atom is 0.127 e. The molecule has 1 aromatic carbocycles. The molecule has 4 rings (SSSR count). The van der Waals surface area contributed by atoms with E-state index in [-0.39, 0.29) is 18.2 Å². The molecule has 0 radical (unpaired) electrons. The number of hydrogen-bond acceptors (Lipinski definition) is 5. The average Bonchev–Trinajstić information content (AvgIpc) is 3.07. The fourth-order valence-corrected chi connectivity index (χ4v) is 3.94. The highest BCUT2D eigenvalue weighted by molar-refractivity contribution is 5.49. The van der Waals surface area contributed by atoms with Crippen molar-refractivity contribution in [2.45, 2.75) is 51.0 Å². The average molecular weight is 354 g/mol. The van der Waals surface area contributed by atoms with Crippen molar-refractivity contribution in [1.82, 2.24) is 10.3 Å². The first kappa shape index (κ1) is 17.3. The van der Waals surface area contributed by atoms with Crippen LogP contribution in [0.2, 0.25) is 0 Å². The predicted octanol–water partition coefficient (Wildman–Crippen LogP) is 3.42. The van der Waals surface area contributed by atoms with E-state index < -0.39 is 0 Å². The van der Waals surface area contributed by atoms with Gasteiger partial charge in [0.05, 0.1) is 13.2 Å². The van der Waals surface area contributed by atoms with Gasteiger partial charge in [-0.15, -0.1) is 0 Å². The fourth-order valence-electron chi connectivity index (χ4n) is 3.94. The molecular formula is C21H26N2O3. The zero-order valence-corrected chi connectivity index (χ0v) is 15.4. The SMILES string of the molecule is COc1cc(CN[C@H]2CCCO[C@@H]2c2ccncc2)c2c(c1)CC(C)O2. The zero-order chi connectivity index (χ0) is 17.9. The number of nitrogens with zero attached hydrogens (tertiary/aromatic N) is 1. The number of nitrogens with one attached hydrogen (secondary N) is 1. The summed E-state index contributed by atoms with van der Waals surface area (Å²) >= 11 is 0. The van der Waals surface area contributed by atoms with E-state index in [1.54, 1.807) is 7.11 Å². The van der Waals surface area contributed by atoms with Crippen LogP contribution >= 0.6 is 0 Å².